The van der Waals surface area contributed by atoms with E-state index in [9.17, 15) is 14.0 Å². The zero-order valence-corrected chi connectivity index (χ0v) is 23.0. The molecule has 2 aromatic heterocycles. The highest BCUT2D eigenvalue weighted by atomic mass is 19.1. The third-order valence-corrected chi connectivity index (χ3v) is 7.72. The van der Waals surface area contributed by atoms with Gasteiger partial charge in [0, 0.05) is 49.7 Å². The van der Waals surface area contributed by atoms with Crippen LogP contribution >= 0.6 is 0 Å². The summed E-state index contributed by atoms with van der Waals surface area (Å²) in [6, 6.07) is 7.65. The van der Waals surface area contributed by atoms with E-state index in [4.69, 9.17) is 4.98 Å². The number of rotatable bonds is 6. The zero-order chi connectivity index (χ0) is 27.7. The molecule has 39 heavy (non-hydrogen) atoms. The van der Waals surface area contributed by atoms with Crippen molar-refractivity contribution >= 4 is 28.8 Å². The van der Waals surface area contributed by atoms with E-state index in [1.807, 2.05) is 24.8 Å². The van der Waals surface area contributed by atoms with Crippen molar-refractivity contribution in [3.63, 3.8) is 0 Å². The number of anilines is 1. The number of halogens is 1. The van der Waals surface area contributed by atoms with E-state index in [0.717, 1.165) is 59.4 Å². The van der Waals surface area contributed by atoms with E-state index in [-0.39, 0.29) is 17.9 Å². The van der Waals surface area contributed by atoms with Gasteiger partial charge in [-0.2, -0.15) is 0 Å². The minimum absolute atomic E-state index is 0.0620. The van der Waals surface area contributed by atoms with Crippen molar-refractivity contribution in [1.82, 2.24) is 24.3 Å². The number of alkyl halides is 1. The zero-order valence-electron chi connectivity index (χ0n) is 23.0. The largest absolute Gasteiger partial charge is 0.337 e. The van der Waals surface area contributed by atoms with E-state index < -0.39 is 6.17 Å². The Morgan fingerprint density at radius 2 is 1.82 bits per heavy atom. The Morgan fingerprint density at radius 1 is 1.05 bits per heavy atom. The van der Waals surface area contributed by atoms with E-state index in [1.165, 1.54) is 6.08 Å². The fourth-order valence-corrected chi connectivity index (χ4v) is 6.03. The summed E-state index contributed by atoms with van der Waals surface area (Å²) in [6.45, 7) is 12.5. The van der Waals surface area contributed by atoms with Crippen LogP contribution in [0.1, 0.15) is 64.6 Å². The van der Waals surface area contributed by atoms with Gasteiger partial charge in [0.1, 0.15) is 6.17 Å². The number of pyridine rings is 1. The number of aryl methyl sites for hydroxylation is 3. The van der Waals surface area contributed by atoms with Crippen molar-refractivity contribution in [1.29, 1.82) is 0 Å². The van der Waals surface area contributed by atoms with Gasteiger partial charge in [0.2, 0.25) is 11.9 Å². The summed E-state index contributed by atoms with van der Waals surface area (Å²) in [5, 5.41) is 3.07. The molecule has 2 aliphatic heterocycles. The molecule has 2 atom stereocenters. The van der Waals surface area contributed by atoms with Gasteiger partial charge < -0.3 is 9.47 Å². The first kappa shape index (κ1) is 27.0. The standard InChI is InChI=1S/C30H37FN6O2/c1-5-27(38)36-10-7-6-8-25(18-36)37-28-19(2)12-22(16-35-11-9-24(31)17-35)15-26(28)33-30(37)34-29(39)23-13-20(3)32-21(4)14-23/h5,12-15,24-25H,1,6-11,16-18H2,2-4H3,(H,33,34,39)/t24-,25+/m0/s1. The van der Waals surface area contributed by atoms with Crippen molar-refractivity contribution in [2.45, 2.75) is 65.2 Å². The van der Waals surface area contributed by atoms with E-state index in [2.05, 4.69) is 39.3 Å². The van der Waals surface area contributed by atoms with Crippen LogP contribution in [0.4, 0.5) is 10.3 Å². The number of fused-ring (bicyclic) bond motifs is 1. The summed E-state index contributed by atoms with van der Waals surface area (Å²) in [5.41, 5.74) is 5.90. The number of hydrogen-bond donors (Lipinski definition) is 1. The molecule has 1 N–H and O–H groups in total. The Morgan fingerprint density at radius 3 is 2.51 bits per heavy atom. The molecule has 0 radical (unpaired) electrons. The second-order valence-corrected chi connectivity index (χ2v) is 10.9. The molecule has 0 aliphatic carbocycles. The average molecular weight is 533 g/mol. The second kappa shape index (κ2) is 11.3. The summed E-state index contributed by atoms with van der Waals surface area (Å²) in [5.74, 6) is 0.123. The van der Waals surface area contributed by atoms with E-state index >= 15 is 0 Å². The predicted octanol–water partition coefficient (Wildman–Crippen LogP) is 4.89. The number of benzene rings is 1. The lowest BCUT2D eigenvalue weighted by molar-refractivity contribution is -0.126. The molecule has 2 aliphatic rings. The lowest BCUT2D eigenvalue weighted by Crippen LogP contribution is -2.34. The molecule has 0 saturated carbocycles. The maximum atomic E-state index is 13.8. The number of aromatic nitrogens is 3. The minimum atomic E-state index is -0.771. The summed E-state index contributed by atoms with van der Waals surface area (Å²) in [4.78, 5) is 39.3. The highest BCUT2D eigenvalue weighted by Gasteiger charge is 2.28. The molecule has 4 heterocycles. The number of hydrogen-bond acceptors (Lipinski definition) is 5. The van der Waals surface area contributed by atoms with Crippen LogP contribution in [-0.2, 0) is 11.3 Å². The molecular formula is C30H37FN6O2. The maximum Gasteiger partial charge on any atom is 0.258 e. The van der Waals surface area contributed by atoms with Gasteiger partial charge in [0.25, 0.3) is 5.91 Å². The number of likely N-dealkylation sites (tertiary alicyclic amines) is 2. The molecular weight excluding hydrogens is 495 g/mol. The molecule has 206 valence electrons. The van der Waals surface area contributed by atoms with Gasteiger partial charge in [-0.05, 0) is 81.9 Å². The third-order valence-electron chi connectivity index (χ3n) is 7.72. The Hall–Kier alpha value is -3.59. The van der Waals surface area contributed by atoms with Gasteiger partial charge in [-0.15, -0.1) is 0 Å². The maximum absolute atomic E-state index is 13.8. The number of imidazole rings is 1. The lowest BCUT2D eigenvalue weighted by Gasteiger charge is -2.26. The van der Waals surface area contributed by atoms with Gasteiger partial charge in [0.05, 0.1) is 17.1 Å². The molecule has 0 bridgehead atoms. The van der Waals surface area contributed by atoms with Crippen molar-refractivity contribution < 1.29 is 14.0 Å². The van der Waals surface area contributed by atoms with E-state index in [1.54, 1.807) is 12.1 Å². The molecule has 1 aromatic carbocycles. The van der Waals surface area contributed by atoms with Crippen LogP contribution in [0, 0.1) is 20.8 Å². The molecule has 2 saturated heterocycles. The highest BCUT2D eigenvalue weighted by Crippen LogP contribution is 2.33. The SMILES string of the molecule is C=CC(=O)N1CCCC[C@@H](n2c(NC(=O)c3cc(C)nc(C)c3)nc3cc(CN4CC[C@H](F)C4)cc(C)c32)C1. The monoisotopic (exact) mass is 532 g/mol. The lowest BCUT2D eigenvalue weighted by atomic mass is 10.1. The molecule has 9 heteroatoms. The Kier molecular flexibility index (Phi) is 7.79. The van der Waals surface area contributed by atoms with Gasteiger partial charge in [0.15, 0.2) is 0 Å². The van der Waals surface area contributed by atoms with Crippen LogP contribution in [0.2, 0.25) is 0 Å². The van der Waals surface area contributed by atoms with Gasteiger partial charge in [-0.3, -0.25) is 24.8 Å². The summed E-state index contributed by atoms with van der Waals surface area (Å²) in [7, 11) is 0. The molecule has 0 spiro atoms. The number of carbonyl (C=O) groups is 2. The normalized spacial score (nSPS) is 20.3. The van der Waals surface area contributed by atoms with Crippen LogP contribution in [0.15, 0.2) is 36.9 Å². The fraction of sp³-hybridized carbons (Fsp3) is 0.467. The van der Waals surface area contributed by atoms with Crippen LogP contribution in [0.3, 0.4) is 0 Å². The first-order valence-corrected chi connectivity index (χ1v) is 13.8. The second-order valence-electron chi connectivity index (χ2n) is 10.9. The van der Waals surface area contributed by atoms with Crippen LogP contribution in [0.25, 0.3) is 11.0 Å². The Balaban J connectivity index is 1.56. The summed E-state index contributed by atoms with van der Waals surface area (Å²) >= 11 is 0. The summed E-state index contributed by atoms with van der Waals surface area (Å²) in [6.07, 6.45) is 3.89. The van der Waals surface area contributed by atoms with Crippen LogP contribution in [0.5, 0.6) is 0 Å². The van der Waals surface area contributed by atoms with Crippen LogP contribution < -0.4 is 5.32 Å². The van der Waals surface area contributed by atoms with Crippen molar-refractivity contribution in [3.8, 4) is 0 Å². The van der Waals surface area contributed by atoms with Crippen LogP contribution in [-0.4, -0.2) is 68.5 Å². The molecule has 0 unspecified atom stereocenters. The smallest absolute Gasteiger partial charge is 0.258 e. The van der Waals surface area contributed by atoms with Crippen molar-refractivity contribution in [2.24, 2.45) is 0 Å². The number of nitrogens with zero attached hydrogens (tertiary/aromatic N) is 5. The Bertz CT molecular complexity index is 1400. The van der Waals surface area contributed by atoms with Crippen molar-refractivity contribution in [2.75, 3.05) is 31.5 Å². The number of amides is 2. The molecule has 3 aromatic rings. The number of carbonyl (C=O) groups excluding carboxylic acids is 2. The minimum Gasteiger partial charge on any atom is -0.337 e. The van der Waals surface area contributed by atoms with Gasteiger partial charge >= 0.3 is 0 Å². The van der Waals surface area contributed by atoms with Crippen molar-refractivity contribution in [3.05, 3.63) is 65.0 Å². The van der Waals surface area contributed by atoms with Gasteiger partial charge in [-0.1, -0.05) is 12.6 Å². The quantitative estimate of drug-likeness (QED) is 0.457. The number of nitrogens with one attached hydrogen (secondary N) is 1. The molecule has 2 fully saturated rings. The molecule has 5 rings (SSSR count). The van der Waals surface area contributed by atoms with Gasteiger partial charge in [-0.25, -0.2) is 9.37 Å². The first-order chi connectivity index (χ1) is 18.7. The first-order valence-electron chi connectivity index (χ1n) is 13.8. The topological polar surface area (TPSA) is 83.4 Å². The molecule has 2 amide bonds. The fourth-order valence-electron chi connectivity index (χ4n) is 6.03. The summed E-state index contributed by atoms with van der Waals surface area (Å²) < 4.78 is 15.9. The highest BCUT2D eigenvalue weighted by molar-refractivity contribution is 6.04. The Labute approximate surface area is 228 Å². The van der Waals surface area contributed by atoms with E-state index in [0.29, 0.717) is 44.1 Å². The molecule has 8 nitrogen and oxygen atoms in total. The third kappa shape index (κ3) is 5.88. The average Bonchev–Trinajstić information content (AvgIpc) is 3.36. The predicted molar refractivity (Wildman–Crippen MR) is 151 cm³/mol.